The summed E-state index contributed by atoms with van der Waals surface area (Å²) >= 11 is 6.01. The van der Waals surface area contributed by atoms with E-state index < -0.39 is 6.23 Å². The quantitative estimate of drug-likeness (QED) is 0.679. The molecule has 0 saturated carbocycles. The van der Waals surface area contributed by atoms with Gasteiger partial charge in [-0.05, 0) is 36.4 Å². The number of carbonyl (C=O) groups is 1. The highest BCUT2D eigenvalue weighted by atomic mass is 35.5. The molecular weight excluding hydrogens is 366 g/mol. The summed E-state index contributed by atoms with van der Waals surface area (Å²) in [5.41, 5.74) is 2.41. The van der Waals surface area contributed by atoms with Crippen LogP contribution in [0.1, 0.15) is 0 Å². The fourth-order valence-electron chi connectivity index (χ4n) is 2.86. The van der Waals surface area contributed by atoms with Crippen molar-refractivity contribution in [3.8, 4) is 11.3 Å². The molecule has 1 aliphatic rings. The molecule has 8 heteroatoms. The Morgan fingerprint density at radius 3 is 2.93 bits per heavy atom. The van der Waals surface area contributed by atoms with E-state index in [2.05, 4.69) is 20.3 Å². The van der Waals surface area contributed by atoms with E-state index in [1.54, 1.807) is 24.5 Å². The number of pyridine rings is 1. The molecule has 1 unspecified atom stereocenters. The van der Waals surface area contributed by atoms with Gasteiger partial charge in [-0.25, -0.2) is 15.0 Å². The maximum absolute atomic E-state index is 11.2. The Labute approximate surface area is 161 Å². The van der Waals surface area contributed by atoms with Crippen molar-refractivity contribution in [2.45, 2.75) is 6.23 Å². The average molecular weight is 382 g/mol. The summed E-state index contributed by atoms with van der Waals surface area (Å²) < 4.78 is 5.38. The molecule has 136 valence electrons. The molecule has 0 aliphatic carbocycles. The molecule has 1 aromatic carbocycles. The molecule has 1 aliphatic heterocycles. The Balaban J connectivity index is 1.60. The fourth-order valence-corrected chi connectivity index (χ4v) is 3.05. The van der Waals surface area contributed by atoms with Crippen molar-refractivity contribution < 1.29 is 9.53 Å². The number of hydrogen-bond acceptors (Lipinski definition) is 7. The Kier molecular flexibility index (Phi) is 4.95. The van der Waals surface area contributed by atoms with Crippen LogP contribution in [0.15, 0.2) is 54.9 Å². The van der Waals surface area contributed by atoms with Gasteiger partial charge >= 0.3 is 0 Å². The smallest absolute Gasteiger partial charge is 0.227 e. The van der Waals surface area contributed by atoms with Crippen molar-refractivity contribution in [3.63, 3.8) is 0 Å². The average Bonchev–Trinajstić information content (AvgIpc) is 3.17. The van der Waals surface area contributed by atoms with Gasteiger partial charge < -0.3 is 15.0 Å². The van der Waals surface area contributed by atoms with E-state index in [9.17, 15) is 4.79 Å². The first-order chi connectivity index (χ1) is 13.2. The third-order valence-corrected chi connectivity index (χ3v) is 4.35. The van der Waals surface area contributed by atoms with Crippen LogP contribution in [-0.2, 0) is 9.53 Å². The van der Waals surface area contributed by atoms with Gasteiger partial charge in [0.1, 0.15) is 5.82 Å². The number of halogens is 1. The predicted octanol–water partition coefficient (Wildman–Crippen LogP) is 3.30. The molecule has 1 atom stereocenters. The highest BCUT2D eigenvalue weighted by Gasteiger charge is 2.26. The molecular formula is C19H16ClN5O2. The van der Waals surface area contributed by atoms with Crippen molar-refractivity contribution in [1.82, 2.24) is 15.0 Å². The molecule has 1 fully saturated rings. The highest BCUT2D eigenvalue weighted by Crippen LogP contribution is 2.25. The molecule has 0 spiro atoms. The third-order valence-electron chi connectivity index (χ3n) is 4.12. The Morgan fingerprint density at radius 2 is 2.07 bits per heavy atom. The SMILES string of the molecule is O=CC1OCCN1c1cc(-c2ccnc(Nc3cccc(Cl)c3)n2)ccn1. The number of benzene rings is 1. The predicted molar refractivity (Wildman–Crippen MR) is 103 cm³/mol. The van der Waals surface area contributed by atoms with Crippen LogP contribution in [0.5, 0.6) is 0 Å². The summed E-state index contributed by atoms with van der Waals surface area (Å²) in [5.74, 6) is 1.13. The molecule has 3 heterocycles. The number of aldehydes is 1. The topological polar surface area (TPSA) is 80.2 Å². The minimum Gasteiger partial charge on any atom is -0.349 e. The van der Waals surface area contributed by atoms with Crippen LogP contribution in [0.3, 0.4) is 0 Å². The number of nitrogens with one attached hydrogen (secondary N) is 1. The number of nitrogens with zero attached hydrogens (tertiary/aromatic N) is 4. The van der Waals surface area contributed by atoms with E-state index in [-0.39, 0.29) is 0 Å². The lowest BCUT2D eigenvalue weighted by Gasteiger charge is -2.20. The first-order valence-electron chi connectivity index (χ1n) is 8.38. The molecule has 0 radical (unpaired) electrons. The van der Waals surface area contributed by atoms with E-state index in [1.807, 2.05) is 35.2 Å². The van der Waals surface area contributed by atoms with Crippen molar-refractivity contribution >= 4 is 35.3 Å². The number of carbonyl (C=O) groups excluding carboxylic acids is 1. The molecule has 0 amide bonds. The number of aromatic nitrogens is 3. The number of anilines is 3. The summed E-state index contributed by atoms with van der Waals surface area (Å²) in [6, 6.07) is 12.9. The monoisotopic (exact) mass is 381 g/mol. The van der Waals surface area contributed by atoms with Gasteiger partial charge in [0.15, 0.2) is 12.5 Å². The van der Waals surface area contributed by atoms with E-state index in [0.717, 1.165) is 23.2 Å². The fraction of sp³-hybridized carbons (Fsp3) is 0.158. The Bertz CT molecular complexity index is 968. The summed E-state index contributed by atoms with van der Waals surface area (Å²) in [4.78, 5) is 26.2. The van der Waals surface area contributed by atoms with Crippen molar-refractivity contribution in [3.05, 3.63) is 59.9 Å². The van der Waals surface area contributed by atoms with Crippen LogP contribution >= 0.6 is 11.6 Å². The molecule has 2 aromatic heterocycles. The molecule has 7 nitrogen and oxygen atoms in total. The van der Waals surface area contributed by atoms with Gasteiger partial charge in [-0.2, -0.15) is 0 Å². The van der Waals surface area contributed by atoms with E-state index in [4.69, 9.17) is 16.3 Å². The molecule has 0 bridgehead atoms. The van der Waals surface area contributed by atoms with Crippen LogP contribution in [0.25, 0.3) is 11.3 Å². The van der Waals surface area contributed by atoms with Crippen molar-refractivity contribution in [1.29, 1.82) is 0 Å². The van der Waals surface area contributed by atoms with Crippen LogP contribution < -0.4 is 10.2 Å². The van der Waals surface area contributed by atoms with E-state index in [1.165, 1.54) is 0 Å². The highest BCUT2D eigenvalue weighted by molar-refractivity contribution is 6.30. The maximum atomic E-state index is 11.2. The summed E-state index contributed by atoms with van der Waals surface area (Å²) in [6.07, 6.45) is 3.55. The summed E-state index contributed by atoms with van der Waals surface area (Å²) in [7, 11) is 0. The first-order valence-corrected chi connectivity index (χ1v) is 8.76. The molecule has 1 saturated heterocycles. The first kappa shape index (κ1) is 17.4. The van der Waals surface area contributed by atoms with Gasteiger partial charge in [0.25, 0.3) is 0 Å². The zero-order valence-corrected chi connectivity index (χ0v) is 15.0. The van der Waals surface area contributed by atoms with Gasteiger partial charge in [-0.15, -0.1) is 0 Å². The maximum Gasteiger partial charge on any atom is 0.227 e. The number of rotatable bonds is 5. The van der Waals surface area contributed by atoms with Gasteiger partial charge in [-0.1, -0.05) is 17.7 Å². The lowest BCUT2D eigenvalue weighted by Crippen LogP contribution is -2.31. The lowest BCUT2D eigenvalue weighted by atomic mass is 10.2. The van der Waals surface area contributed by atoms with E-state index in [0.29, 0.717) is 29.9 Å². The van der Waals surface area contributed by atoms with Crippen LogP contribution in [-0.4, -0.2) is 40.6 Å². The lowest BCUT2D eigenvalue weighted by molar-refractivity contribution is -0.115. The number of hydrogen-bond donors (Lipinski definition) is 1. The van der Waals surface area contributed by atoms with Crippen LogP contribution in [0.4, 0.5) is 17.5 Å². The Hall–Kier alpha value is -3.03. The van der Waals surface area contributed by atoms with Gasteiger partial charge in [-0.3, -0.25) is 4.79 Å². The van der Waals surface area contributed by atoms with Crippen LogP contribution in [0, 0.1) is 0 Å². The van der Waals surface area contributed by atoms with E-state index >= 15 is 0 Å². The summed E-state index contributed by atoms with van der Waals surface area (Å²) in [6.45, 7) is 1.11. The Morgan fingerprint density at radius 1 is 1.19 bits per heavy atom. The second-order valence-electron chi connectivity index (χ2n) is 5.89. The second-order valence-corrected chi connectivity index (χ2v) is 6.33. The van der Waals surface area contributed by atoms with Crippen molar-refractivity contribution in [2.24, 2.45) is 0 Å². The van der Waals surface area contributed by atoms with Gasteiger partial charge in [0, 0.05) is 35.2 Å². The summed E-state index contributed by atoms with van der Waals surface area (Å²) in [5, 5.41) is 3.77. The molecule has 3 aromatic rings. The van der Waals surface area contributed by atoms with Gasteiger partial charge in [0.05, 0.1) is 12.3 Å². The molecule has 27 heavy (non-hydrogen) atoms. The largest absolute Gasteiger partial charge is 0.349 e. The zero-order chi connectivity index (χ0) is 18.6. The molecule has 4 rings (SSSR count). The minimum atomic E-state index is -0.599. The third kappa shape index (κ3) is 3.89. The number of ether oxygens (including phenoxy) is 1. The second kappa shape index (κ2) is 7.69. The normalized spacial score (nSPS) is 16.3. The van der Waals surface area contributed by atoms with Crippen molar-refractivity contribution in [2.75, 3.05) is 23.4 Å². The molecule has 1 N–H and O–H groups in total. The minimum absolute atomic E-state index is 0.461. The standard InChI is InChI=1S/C19H16ClN5O2/c20-14-2-1-3-15(11-14)23-19-22-7-5-16(24-19)13-4-6-21-17(10-13)25-8-9-27-18(25)12-26/h1-7,10-12,18H,8-9H2,(H,22,23,24). The zero-order valence-electron chi connectivity index (χ0n) is 14.2. The van der Waals surface area contributed by atoms with Crippen LogP contribution in [0.2, 0.25) is 5.02 Å². The van der Waals surface area contributed by atoms with Gasteiger partial charge in [0.2, 0.25) is 5.95 Å².